The minimum Gasteiger partial charge on any atom is -0.370 e. The molecule has 0 aliphatic rings. The number of rotatable bonds is 1. The lowest BCUT2D eigenvalue weighted by molar-refractivity contribution is 1.23. The summed E-state index contributed by atoms with van der Waals surface area (Å²) < 4.78 is 0. The van der Waals surface area contributed by atoms with Crippen LogP contribution in [0.3, 0.4) is 0 Å². The summed E-state index contributed by atoms with van der Waals surface area (Å²) in [6.07, 6.45) is 0. The zero-order valence-corrected chi connectivity index (χ0v) is 9.37. The molecule has 68 valence electrons. The van der Waals surface area contributed by atoms with Gasteiger partial charge in [0.05, 0.1) is 5.69 Å². The number of nitrogens with one attached hydrogen (secondary N) is 2. The maximum atomic E-state index is 6.94. The number of nitrogens with two attached hydrogens (primary N) is 1. The van der Waals surface area contributed by atoms with E-state index < -0.39 is 0 Å². The molecule has 4 nitrogen and oxygen atoms in total. The van der Waals surface area contributed by atoms with Crippen LogP contribution < -0.4 is 11.1 Å². The lowest BCUT2D eigenvalue weighted by Gasteiger charge is -1.94. The number of anilines is 1. The zero-order chi connectivity index (χ0) is 8.43. The average molecular weight is 251 g/mol. The lowest BCUT2D eigenvalue weighted by Crippen LogP contribution is -2.20. The van der Waals surface area contributed by atoms with Crippen molar-refractivity contribution >= 4 is 39.4 Å². The molecule has 0 aliphatic carbocycles. The second kappa shape index (κ2) is 4.42. The molecule has 0 radical (unpaired) electrons. The van der Waals surface area contributed by atoms with Gasteiger partial charge in [-0.1, -0.05) is 0 Å². The molecule has 0 aromatic carbocycles. The van der Waals surface area contributed by atoms with Crippen molar-refractivity contribution in [2.45, 2.75) is 13.8 Å². The summed E-state index contributed by atoms with van der Waals surface area (Å²) in [5.41, 5.74) is 6.11. The SMILES string of the molecule is Br.Cc1nc(NC(=N)N)sc1C. The van der Waals surface area contributed by atoms with E-state index in [-0.39, 0.29) is 22.9 Å². The Morgan fingerprint density at radius 1 is 1.58 bits per heavy atom. The number of aromatic nitrogens is 1. The molecule has 0 fully saturated rings. The summed E-state index contributed by atoms with van der Waals surface area (Å²) in [7, 11) is 0. The van der Waals surface area contributed by atoms with Gasteiger partial charge in [-0.25, -0.2) is 4.98 Å². The van der Waals surface area contributed by atoms with Crippen LogP contribution in [0.25, 0.3) is 0 Å². The predicted octanol–water partition coefficient (Wildman–Crippen LogP) is 1.64. The number of thiazole rings is 1. The van der Waals surface area contributed by atoms with Crippen molar-refractivity contribution < 1.29 is 0 Å². The topological polar surface area (TPSA) is 74.8 Å². The van der Waals surface area contributed by atoms with Crippen molar-refractivity contribution in [2.75, 3.05) is 5.32 Å². The van der Waals surface area contributed by atoms with Crippen LogP contribution in [0.2, 0.25) is 0 Å². The fourth-order valence-corrected chi connectivity index (χ4v) is 1.47. The van der Waals surface area contributed by atoms with Gasteiger partial charge >= 0.3 is 0 Å². The van der Waals surface area contributed by atoms with Crippen LogP contribution in [-0.2, 0) is 0 Å². The third-order valence-corrected chi connectivity index (χ3v) is 2.26. The van der Waals surface area contributed by atoms with E-state index in [1.165, 1.54) is 11.3 Å². The van der Waals surface area contributed by atoms with Crippen molar-refractivity contribution in [1.82, 2.24) is 4.98 Å². The fourth-order valence-electron chi connectivity index (χ4n) is 0.641. The Hall–Kier alpha value is -0.620. The Balaban J connectivity index is 0.00000121. The van der Waals surface area contributed by atoms with Gasteiger partial charge in [-0.15, -0.1) is 28.3 Å². The van der Waals surface area contributed by atoms with Gasteiger partial charge in [0.1, 0.15) is 0 Å². The maximum absolute atomic E-state index is 6.94. The molecule has 0 saturated heterocycles. The molecule has 1 heterocycles. The normalized spacial score (nSPS) is 8.83. The monoisotopic (exact) mass is 250 g/mol. The van der Waals surface area contributed by atoms with Crippen LogP contribution in [0.1, 0.15) is 10.6 Å². The highest BCUT2D eigenvalue weighted by Gasteiger charge is 2.02. The summed E-state index contributed by atoms with van der Waals surface area (Å²) in [6, 6.07) is 0. The summed E-state index contributed by atoms with van der Waals surface area (Å²) in [6.45, 7) is 3.91. The first-order chi connectivity index (χ1) is 5.09. The third-order valence-electron chi connectivity index (χ3n) is 1.27. The highest BCUT2D eigenvalue weighted by molar-refractivity contribution is 8.93. The van der Waals surface area contributed by atoms with E-state index in [0.717, 1.165) is 10.6 Å². The Kier molecular flexibility index (Phi) is 4.19. The smallest absolute Gasteiger partial charge is 0.192 e. The highest BCUT2D eigenvalue weighted by atomic mass is 79.9. The minimum atomic E-state index is -0.0706. The largest absolute Gasteiger partial charge is 0.370 e. The van der Waals surface area contributed by atoms with Crippen LogP contribution >= 0.6 is 28.3 Å². The first-order valence-corrected chi connectivity index (χ1v) is 3.96. The summed E-state index contributed by atoms with van der Waals surface area (Å²) in [5, 5.41) is 10.3. The molecule has 1 aromatic heterocycles. The van der Waals surface area contributed by atoms with Gasteiger partial charge in [-0.05, 0) is 13.8 Å². The molecule has 4 N–H and O–H groups in total. The van der Waals surface area contributed by atoms with Crippen LogP contribution in [-0.4, -0.2) is 10.9 Å². The van der Waals surface area contributed by atoms with Crippen LogP contribution in [0.5, 0.6) is 0 Å². The minimum absolute atomic E-state index is 0. The second-order valence-electron chi connectivity index (χ2n) is 2.20. The van der Waals surface area contributed by atoms with E-state index in [0.29, 0.717) is 5.13 Å². The fraction of sp³-hybridized carbons (Fsp3) is 0.333. The van der Waals surface area contributed by atoms with E-state index in [1.807, 2.05) is 13.8 Å². The Bertz CT molecular complexity index is 264. The molecule has 0 atom stereocenters. The Morgan fingerprint density at radius 3 is 2.50 bits per heavy atom. The van der Waals surface area contributed by atoms with Crippen molar-refractivity contribution in [3.63, 3.8) is 0 Å². The predicted molar refractivity (Wildman–Crippen MR) is 57.4 cm³/mol. The van der Waals surface area contributed by atoms with E-state index in [4.69, 9.17) is 11.1 Å². The molecule has 0 amide bonds. The molecular formula is C6H11BrN4S. The molecule has 1 aromatic rings. The molecule has 0 saturated carbocycles. The number of halogens is 1. The summed E-state index contributed by atoms with van der Waals surface area (Å²) >= 11 is 1.50. The Labute approximate surface area is 85.5 Å². The number of nitrogens with zero attached hydrogens (tertiary/aromatic N) is 1. The van der Waals surface area contributed by atoms with E-state index in [1.54, 1.807) is 0 Å². The van der Waals surface area contributed by atoms with Gasteiger partial charge in [0.25, 0.3) is 0 Å². The van der Waals surface area contributed by atoms with Gasteiger partial charge in [-0.3, -0.25) is 5.41 Å². The van der Waals surface area contributed by atoms with Gasteiger partial charge < -0.3 is 11.1 Å². The second-order valence-corrected chi connectivity index (χ2v) is 3.40. The Morgan fingerprint density at radius 2 is 2.17 bits per heavy atom. The lowest BCUT2D eigenvalue weighted by atomic mass is 10.4. The van der Waals surface area contributed by atoms with Crippen molar-refractivity contribution in [2.24, 2.45) is 5.73 Å². The first kappa shape index (κ1) is 11.4. The van der Waals surface area contributed by atoms with Crippen molar-refractivity contribution in [3.8, 4) is 0 Å². The number of aryl methyl sites for hydroxylation is 2. The van der Waals surface area contributed by atoms with Gasteiger partial charge in [0.15, 0.2) is 11.1 Å². The van der Waals surface area contributed by atoms with E-state index in [2.05, 4.69) is 10.3 Å². The number of hydrogen-bond acceptors (Lipinski definition) is 3. The van der Waals surface area contributed by atoms with Crippen molar-refractivity contribution in [1.29, 1.82) is 5.41 Å². The van der Waals surface area contributed by atoms with Gasteiger partial charge in [-0.2, -0.15) is 0 Å². The van der Waals surface area contributed by atoms with Crippen LogP contribution in [0.15, 0.2) is 0 Å². The summed E-state index contributed by atoms with van der Waals surface area (Å²) in [4.78, 5) is 5.28. The first-order valence-electron chi connectivity index (χ1n) is 3.14. The molecule has 12 heavy (non-hydrogen) atoms. The zero-order valence-electron chi connectivity index (χ0n) is 6.84. The van der Waals surface area contributed by atoms with Crippen LogP contribution in [0.4, 0.5) is 5.13 Å². The molecule has 0 unspecified atom stereocenters. The molecule has 6 heteroatoms. The standard InChI is InChI=1S/C6H10N4S.BrH/c1-3-4(2)11-6(9-3)10-5(7)8;/h1-2H3,(H4,7,8,9,10);1H. The van der Waals surface area contributed by atoms with E-state index in [9.17, 15) is 0 Å². The molecule has 1 rings (SSSR count). The maximum Gasteiger partial charge on any atom is 0.192 e. The summed E-state index contributed by atoms with van der Waals surface area (Å²) in [5.74, 6) is -0.0706. The van der Waals surface area contributed by atoms with Crippen LogP contribution in [0, 0.1) is 19.3 Å². The number of guanidine groups is 1. The highest BCUT2D eigenvalue weighted by Crippen LogP contribution is 2.20. The quantitative estimate of drug-likeness (QED) is 0.524. The molecule has 0 aliphatic heterocycles. The molecular weight excluding hydrogens is 240 g/mol. The average Bonchev–Trinajstić information content (AvgIpc) is 2.10. The molecule has 0 spiro atoms. The third kappa shape index (κ3) is 2.78. The van der Waals surface area contributed by atoms with Gasteiger partial charge in [0.2, 0.25) is 0 Å². The number of hydrogen-bond donors (Lipinski definition) is 3. The van der Waals surface area contributed by atoms with Gasteiger partial charge in [0, 0.05) is 4.88 Å². The van der Waals surface area contributed by atoms with E-state index >= 15 is 0 Å². The molecule has 0 bridgehead atoms. The van der Waals surface area contributed by atoms with Crippen molar-refractivity contribution in [3.05, 3.63) is 10.6 Å².